The number of hydrogen-bond acceptors (Lipinski definition) is 5. The molecule has 0 aromatic carbocycles. The molecule has 1 aromatic heterocycles. The van der Waals surface area contributed by atoms with Crippen molar-refractivity contribution in [1.82, 2.24) is 10.3 Å². The average molecular weight is 270 g/mol. The van der Waals surface area contributed by atoms with Crippen LogP contribution in [0.15, 0.2) is 11.6 Å². The van der Waals surface area contributed by atoms with E-state index in [1.807, 2.05) is 11.6 Å². The zero-order chi connectivity index (χ0) is 12.3. The second-order valence-electron chi connectivity index (χ2n) is 3.72. The summed E-state index contributed by atoms with van der Waals surface area (Å²) in [7, 11) is 0. The van der Waals surface area contributed by atoms with Crippen LogP contribution in [0.4, 0.5) is 0 Å². The summed E-state index contributed by atoms with van der Waals surface area (Å²) in [6.45, 7) is 2.10. The lowest BCUT2D eigenvalue weighted by atomic mass is 10.2. The zero-order valence-corrected chi connectivity index (χ0v) is 11.1. The maximum atomic E-state index is 11.1. The van der Waals surface area contributed by atoms with Crippen LogP contribution in [0.3, 0.4) is 0 Å². The van der Waals surface area contributed by atoms with Crippen molar-refractivity contribution in [1.29, 1.82) is 0 Å². The summed E-state index contributed by atoms with van der Waals surface area (Å²) < 4.78 is 0. The molecule has 0 amide bonds. The van der Waals surface area contributed by atoms with Crippen LogP contribution in [-0.4, -0.2) is 16.1 Å². The molecule has 1 aromatic rings. The Hall–Kier alpha value is -1.01. The Morgan fingerprint density at radius 1 is 1.65 bits per heavy atom. The van der Waals surface area contributed by atoms with Crippen LogP contribution in [0.25, 0.3) is 0 Å². The van der Waals surface area contributed by atoms with Gasteiger partial charge in [0.2, 0.25) is 0 Å². The van der Waals surface area contributed by atoms with Crippen LogP contribution in [-0.2, 0) is 6.42 Å². The van der Waals surface area contributed by atoms with Crippen molar-refractivity contribution in [3.05, 3.63) is 27.2 Å². The van der Waals surface area contributed by atoms with Crippen molar-refractivity contribution in [3.63, 3.8) is 0 Å². The van der Waals surface area contributed by atoms with Gasteiger partial charge in [-0.3, -0.25) is 0 Å². The molecular weight excluding hydrogens is 256 g/mol. The lowest BCUT2D eigenvalue weighted by Gasteiger charge is -2.04. The number of unbranched alkanes of at least 4 members (excludes halogenated alkanes) is 1. The van der Waals surface area contributed by atoms with E-state index in [1.165, 1.54) is 11.3 Å². The maximum absolute atomic E-state index is 11.1. The van der Waals surface area contributed by atoms with Crippen molar-refractivity contribution >= 4 is 29.1 Å². The second-order valence-corrected chi connectivity index (χ2v) is 5.85. The molecule has 0 bridgehead atoms. The molecule has 0 spiro atoms. The molecule has 1 aliphatic heterocycles. The summed E-state index contributed by atoms with van der Waals surface area (Å²) in [5.41, 5.74) is 0.229. The quantitative estimate of drug-likeness (QED) is 0.861. The van der Waals surface area contributed by atoms with E-state index in [4.69, 9.17) is 5.11 Å². The van der Waals surface area contributed by atoms with Gasteiger partial charge in [0.25, 0.3) is 0 Å². The third-order valence-electron chi connectivity index (χ3n) is 2.43. The van der Waals surface area contributed by atoms with Crippen LogP contribution in [0.1, 0.15) is 45.5 Å². The molecule has 6 heteroatoms. The number of carboxylic acids is 1. The fraction of sp³-hybridized carbons (Fsp3) is 0.455. The van der Waals surface area contributed by atoms with Gasteiger partial charge in [-0.1, -0.05) is 13.3 Å². The number of thiazole rings is 1. The van der Waals surface area contributed by atoms with E-state index in [1.54, 1.807) is 11.8 Å². The Kier molecular flexibility index (Phi) is 4.06. The number of nitrogens with zero attached hydrogens (tertiary/aromatic N) is 1. The third kappa shape index (κ3) is 2.81. The number of aryl methyl sites for hydroxylation is 1. The zero-order valence-electron chi connectivity index (χ0n) is 9.47. The van der Waals surface area contributed by atoms with Crippen molar-refractivity contribution in [2.24, 2.45) is 0 Å². The van der Waals surface area contributed by atoms with E-state index in [0.29, 0.717) is 0 Å². The number of rotatable bonds is 5. The minimum atomic E-state index is -0.922. The topological polar surface area (TPSA) is 62.2 Å². The van der Waals surface area contributed by atoms with Gasteiger partial charge in [0.05, 0.1) is 0 Å². The van der Waals surface area contributed by atoms with E-state index in [0.717, 1.165) is 29.1 Å². The molecule has 2 N–H and O–H groups in total. The number of carboxylic acid groups (broad SMARTS) is 1. The molecule has 4 nitrogen and oxygen atoms in total. The molecule has 0 saturated heterocycles. The molecule has 2 heterocycles. The highest BCUT2D eigenvalue weighted by Crippen LogP contribution is 2.35. The van der Waals surface area contributed by atoms with Gasteiger partial charge >= 0.3 is 5.97 Å². The van der Waals surface area contributed by atoms with Gasteiger partial charge in [-0.2, -0.15) is 0 Å². The molecule has 92 valence electrons. The first-order valence-corrected chi connectivity index (χ1v) is 7.27. The summed E-state index contributed by atoms with van der Waals surface area (Å²) in [5, 5.41) is 15.2. The molecule has 1 atom stereocenters. The minimum Gasteiger partial charge on any atom is -0.476 e. The first-order valence-electron chi connectivity index (χ1n) is 5.51. The molecule has 0 radical (unpaired) electrons. The van der Waals surface area contributed by atoms with Crippen molar-refractivity contribution in [2.75, 3.05) is 0 Å². The normalized spacial score (nSPS) is 18.3. The molecule has 2 rings (SSSR count). The first-order chi connectivity index (χ1) is 8.22. The SMILES string of the molecule is CCCCc1sc(C2NC=CS2)nc1C(=O)O. The number of carbonyl (C=O) groups is 1. The number of hydrogen-bond donors (Lipinski definition) is 2. The monoisotopic (exact) mass is 270 g/mol. The average Bonchev–Trinajstić information content (AvgIpc) is 2.94. The Morgan fingerprint density at radius 3 is 3.06 bits per heavy atom. The number of thioether (sulfide) groups is 1. The van der Waals surface area contributed by atoms with Gasteiger partial charge in [-0.25, -0.2) is 9.78 Å². The Bertz CT molecular complexity index is 435. The highest BCUT2D eigenvalue weighted by Gasteiger charge is 2.22. The molecule has 17 heavy (non-hydrogen) atoms. The van der Waals surface area contributed by atoms with Gasteiger partial charge in [-0.15, -0.1) is 23.1 Å². The van der Waals surface area contributed by atoms with E-state index in [2.05, 4.69) is 17.2 Å². The molecule has 0 saturated carbocycles. The van der Waals surface area contributed by atoms with Gasteiger partial charge in [0.15, 0.2) is 5.69 Å². The summed E-state index contributed by atoms with van der Waals surface area (Å²) in [5.74, 6) is -0.922. The lowest BCUT2D eigenvalue weighted by Crippen LogP contribution is -2.07. The van der Waals surface area contributed by atoms with E-state index < -0.39 is 5.97 Å². The Balaban J connectivity index is 2.20. The van der Waals surface area contributed by atoms with Gasteiger partial charge < -0.3 is 10.4 Å². The van der Waals surface area contributed by atoms with Gasteiger partial charge in [0, 0.05) is 11.1 Å². The first kappa shape index (κ1) is 12.4. The van der Waals surface area contributed by atoms with Crippen LogP contribution in [0.2, 0.25) is 0 Å². The summed E-state index contributed by atoms with van der Waals surface area (Å²) >= 11 is 3.13. The van der Waals surface area contributed by atoms with Gasteiger partial charge in [0.1, 0.15) is 10.4 Å². The summed E-state index contributed by atoms with van der Waals surface area (Å²) in [6.07, 6.45) is 4.74. The van der Waals surface area contributed by atoms with E-state index in [-0.39, 0.29) is 11.1 Å². The van der Waals surface area contributed by atoms with Crippen molar-refractivity contribution in [3.8, 4) is 0 Å². The standard InChI is InChI=1S/C11H14N2O2S2/c1-2-3-4-7-8(11(14)15)13-10(17-7)9-12-5-6-16-9/h5-6,9,12H,2-4H2,1H3,(H,14,15). The fourth-order valence-corrected chi connectivity index (χ4v) is 3.56. The lowest BCUT2D eigenvalue weighted by molar-refractivity contribution is 0.0690. The van der Waals surface area contributed by atoms with Crippen LogP contribution >= 0.6 is 23.1 Å². The summed E-state index contributed by atoms with van der Waals surface area (Å²) in [4.78, 5) is 16.2. The summed E-state index contributed by atoms with van der Waals surface area (Å²) in [6, 6.07) is 0. The highest BCUT2D eigenvalue weighted by atomic mass is 32.2. The number of aromatic carboxylic acids is 1. The fourth-order valence-electron chi connectivity index (χ4n) is 1.57. The predicted molar refractivity (Wildman–Crippen MR) is 70.3 cm³/mol. The maximum Gasteiger partial charge on any atom is 0.355 e. The Labute approximate surface area is 108 Å². The van der Waals surface area contributed by atoms with Crippen LogP contribution < -0.4 is 5.32 Å². The Morgan fingerprint density at radius 2 is 2.47 bits per heavy atom. The molecule has 0 fully saturated rings. The largest absolute Gasteiger partial charge is 0.476 e. The molecule has 1 unspecified atom stereocenters. The second kappa shape index (κ2) is 5.55. The number of aromatic nitrogens is 1. The third-order valence-corrected chi connectivity index (χ3v) is 4.68. The van der Waals surface area contributed by atoms with Gasteiger partial charge in [-0.05, 0) is 18.2 Å². The molecule has 0 aliphatic carbocycles. The molecule has 1 aliphatic rings. The highest BCUT2D eigenvalue weighted by molar-refractivity contribution is 8.02. The predicted octanol–water partition coefficient (Wildman–Crippen LogP) is 2.99. The van der Waals surface area contributed by atoms with Crippen LogP contribution in [0.5, 0.6) is 0 Å². The van der Waals surface area contributed by atoms with E-state index >= 15 is 0 Å². The molecular formula is C11H14N2O2S2. The van der Waals surface area contributed by atoms with E-state index in [9.17, 15) is 4.79 Å². The minimum absolute atomic E-state index is 0.0773. The number of nitrogens with one attached hydrogen (secondary N) is 1. The smallest absolute Gasteiger partial charge is 0.355 e. The van der Waals surface area contributed by atoms with Crippen LogP contribution in [0, 0.1) is 0 Å². The van der Waals surface area contributed by atoms with Crippen molar-refractivity contribution in [2.45, 2.75) is 31.6 Å². The van der Waals surface area contributed by atoms with Crippen molar-refractivity contribution < 1.29 is 9.90 Å².